The summed E-state index contributed by atoms with van der Waals surface area (Å²) in [6.45, 7) is 0. The first-order valence-electron chi connectivity index (χ1n) is 8.35. The maximum absolute atomic E-state index is 13.8. The molecule has 14 heteroatoms. The van der Waals surface area contributed by atoms with Gasteiger partial charge in [0, 0.05) is 11.8 Å². The third kappa shape index (κ3) is 5.68. The Morgan fingerprint density at radius 2 is 1.77 bits per heavy atom. The summed E-state index contributed by atoms with van der Waals surface area (Å²) in [7, 11) is 0. The molecular weight excluding hydrogens is 457 g/mol. The summed E-state index contributed by atoms with van der Waals surface area (Å²) >= 11 is 0. The van der Waals surface area contributed by atoms with Crippen LogP contribution in [0.4, 0.5) is 27.2 Å². The third-order valence-corrected chi connectivity index (χ3v) is 4.93. The van der Waals surface area contributed by atoms with E-state index in [-0.39, 0.29) is 62.5 Å². The molecule has 1 aromatic heterocycles. The molecule has 162 valence electrons. The Morgan fingerprint density at radius 3 is 2.26 bits per heavy atom. The first kappa shape index (κ1) is 25.4. The quantitative estimate of drug-likeness (QED) is 0.399. The van der Waals surface area contributed by atoms with Gasteiger partial charge in [-0.25, -0.2) is 9.18 Å². The number of carbonyl (C=O) groups is 2. The molecule has 0 spiro atoms. The second-order valence-electron chi connectivity index (χ2n) is 7.10. The fourth-order valence-electron chi connectivity index (χ4n) is 3.96. The van der Waals surface area contributed by atoms with E-state index in [1.807, 2.05) is 0 Å². The van der Waals surface area contributed by atoms with Gasteiger partial charge in [0.2, 0.25) is 6.16 Å². The molecule has 1 aromatic carbocycles. The standard InChI is InChI=1S/C16H13F4N3O3.CH2O3.K/c17-11-3-9(1-2-12(11)26-16(18,19)20)10-4-21-23(5-10)15-6-14(7-15,8-15)22-13(24)25;2-1(3)4;/h1-5,22H,6-8H2,(H,24,25);(H2,2,3,4);/q;;+1/p-1. The van der Waals surface area contributed by atoms with Crippen LogP contribution in [0.1, 0.15) is 19.3 Å². The normalized spacial score (nSPS) is 23.1. The van der Waals surface area contributed by atoms with E-state index in [4.69, 9.17) is 20.1 Å². The molecule has 0 atom stereocenters. The van der Waals surface area contributed by atoms with Gasteiger partial charge in [-0.05, 0) is 37.0 Å². The molecule has 3 aliphatic rings. The van der Waals surface area contributed by atoms with E-state index >= 15 is 0 Å². The number of halogens is 4. The Hall–Kier alpha value is -1.87. The van der Waals surface area contributed by atoms with Crippen LogP contribution in [0.15, 0.2) is 30.6 Å². The Bertz CT molecular complexity index is 973. The maximum Gasteiger partial charge on any atom is 1.00 e. The van der Waals surface area contributed by atoms with Crippen LogP contribution in [0.2, 0.25) is 0 Å². The maximum atomic E-state index is 13.8. The molecule has 9 nitrogen and oxygen atoms in total. The van der Waals surface area contributed by atoms with Crippen LogP contribution in [0.3, 0.4) is 0 Å². The molecule has 31 heavy (non-hydrogen) atoms. The average molecular weight is 471 g/mol. The first-order chi connectivity index (χ1) is 13.8. The summed E-state index contributed by atoms with van der Waals surface area (Å²) in [6, 6.07) is 3.20. The van der Waals surface area contributed by atoms with Crippen LogP contribution in [0, 0.1) is 5.82 Å². The molecule has 0 saturated heterocycles. The Balaban J connectivity index is 0.000000631. The fourth-order valence-corrected chi connectivity index (χ4v) is 3.96. The van der Waals surface area contributed by atoms with Gasteiger partial charge in [0.25, 0.3) is 0 Å². The minimum absolute atomic E-state index is 0. The summed E-state index contributed by atoms with van der Waals surface area (Å²) in [4.78, 5) is 19.2. The average Bonchev–Trinajstić information content (AvgIpc) is 2.99. The summed E-state index contributed by atoms with van der Waals surface area (Å²) in [5.41, 5.74) is 0.278. The molecule has 3 saturated carbocycles. The van der Waals surface area contributed by atoms with Crippen LogP contribution in [-0.4, -0.2) is 44.1 Å². The van der Waals surface area contributed by atoms with Gasteiger partial charge in [-0.1, -0.05) is 6.07 Å². The van der Waals surface area contributed by atoms with Crippen molar-refractivity contribution in [3.63, 3.8) is 0 Å². The molecule has 3 aliphatic carbocycles. The number of benzene rings is 1. The van der Waals surface area contributed by atoms with Crippen molar-refractivity contribution in [1.82, 2.24) is 15.1 Å². The topological polar surface area (TPSA) is 137 Å². The van der Waals surface area contributed by atoms with Gasteiger partial charge in [-0.15, -0.1) is 13.2 Å². The van der Waals surface area contributed by atoms with Gasteiger partial charge in [0.15, 0.2) is 11.6 Å². The molecular formula is C17H14F4KN3O6. The number of hydrogen-bond donors (Lipinski definition) is 3. The van der Waals surface area contributed by atoms with Crippen molar-refractivity contribution in [2.45, 2.75) is 36.7 Å². The first-order valence-corrected chi connectivity index (χ1v) is 8.35. The largest absolute Gasteiger partial charge is 1.00 e. The molecule has 0 unspecified atom stereocenters. The number of rotatable bonds is 4. The minimum atomic E-state index is -4.96. The predicted molar refractivity (Wildman–Crippen MR) is 88.0 cm³/mol. The van der Waals surface area contributed by atoms with Gasteiger partial charge < -0.3 is 30.2 Å². The van der Waals surface area contributed by atoms with E-state index in [0.717, 1.165) is 12.1 Å². The number of alkyl halides is 3. The van der Waals surface area contributed by atoms with Crippen molar-refractivity contribution < 1.29 is 98.6 Å². The summed E-state index contributed by atoms with van der Waals surface area (Å²) in [5, 5.41) is 30.9. The summed E-state index contributed by atoms with van der Waals surface area (Å²) in [6.07, 6.45) is -3.05. The Labute approximate surface area is 214 Å². The molecule has 3 N–H and O–H groups in total. The van der Waals surface area contributed by atoms with E-state index in [1.54, 1.807) is 10.9 Å². The number of hydrogen-bond acceptors (Lipinski definition) is 5. The van der Waals surface area contributed by atoms with Crippen molar-refractivity contribution in [2.24, 2.45) is 0 Å². The van der Waals surface area contributed by atoms with Crippen molar-refractivity contribution in [3.8, 4) is 16.9 Å². The van der Waals surface area contributed by atoms with Gasteiger partial charge in [0.1, 0.15) is 0 Å². The fraction of sp³-hybridized carbons (Fsp3) is 0.353. The van der Waals surface area contributed by atoms with Gasteiger partial charge in [-0.2, -0.15) is 5.10 Å². The van der Waals surface area contributed by atoms with Crippen LogP contribution in [0.25, 0.3) is 11.1 Å². The minimum Gasteiger partial charge on any atom is -0.565 e. The Morgan fingerprint density at radius 1 is 1.19 bits per heavy atom. The van der Waals surface area contributed by atoms with Crippen LogP contribution in [0.5, 0.6) is 5.75 Å². The van der Waals surface area contributed by atoms with Gasteiger partial charge >= 0.3 is 63.8 Å². The molecule has 3 fully saturated rings. The van der Waals surface area contributed by atoms with Crippen molar-refractivity contribution >= 4 is 12.2 Å². The zero-order valence-corrected chi connectivity index (χ0v) is 19.1. The monoisotopic (exact) mass is 471 g/mol. The van der Waals surface area contributed by atoms with Crippen LogP contribution < -0.4 is 66.5 Å². The Kier molecular flexibility index (Phi) is 7.32. The molecule has 0 radical (unpaired) electrons. The summed E-state index contributed by atoms with van der Waals surface area (Å²) < 4.78 is 55.8. The van der Waals surface area contributed by atoms with E-state index in [1.165, 1.54) is 12.3 Å². The summed E-state index contributed by atoms with van der Waals surface area (Å²) in [5.74, 6) is -2.02. The zero-order chi connectivity index (χ0) is 22.3. The van der Waals surface area contributed by atoms with Crippen LogP contribution >= 0.6 is 0 Å². The molecule has 0 aliphatic heterocycles. The van der Waals surface area contributed by atoms with Gasteiger partial charge in [-0.3, -0.25) is 4.68 Å². The molecule has 2 aromatic rings. The molecule has 1 heterocycles. The number of aromatic nitrogens is 2. The smallest absolute Gasteiger partial charge is 0.565 e. The van der Waals surface area contributed by atoms with Gasteiger partial charge in [0.05, 0.1) is 17.3 Å². The van der Waals surface area contributed by atoms with E-state index in [9.17, 15) is 22.4 Å². The third-order valence-electron chi connectivity index (χ3n) is 4.93. The second kappa shape index (κ2) is 8.94. The molecule has 2 bridgehead atoms. The number of amides is 1. The SMILES string of the molecule is O=C(O)NC12CC(n3cc(-c4ccc(OC(F)(F)F)c(F)c4)cn3)(C1)C2.O=C([O-])O.[K+]. The zero-order valence-electron chi connectivity index (χ0n) is 15.9. The van der Waals surface area contributed by atoms with E-state index in [2.05, 4.69) is 15.2 Å². The van der Waals surface area contributed by atoms with E-state index in [0.29, 0.717) is 30.4 Å². The van der Waals surface area contributed by atoms with Crippen LogP contribution in [-0.2, 0) is 5.54 Å². The van der Waals surface area contributed by atoms with E-state index < -0.39 is 30.2 Å². The van der Waals surface area contributed by atoms with Crippen molar-refractivity contribution in [3.05, 3.63) is 36.4 Å². The predicted octanol–water partition coefficient (Wildman–Crippen LogP) is -0.621. The number of ether oxygens (including phenoxy) is 1. The molecule has 1 amide bonds. The number of nitrogens with zero attached hydrogens (tertiary/aromatic N) is 2. The van der Waals surface area contributed by atoms with Crippen molar-refractivity contribution in [2.75, 3.05) is 0 Å². The second-order valence-corrected chi connectivity index (χ2v) is 7.10. The number of nitrogens with one attached hydrogen (secondary N) is 1. The molecule has 5 rings (SSSR count). The van der Waals surface area contributed by atoms with Crippen molar-refractivity contribution in [1.29, 1.82) is 0 Å². The number of carboxylic acid groups (broad SMARTS) is 3.